The number of halogens is 2. The molecule has 1 aromatic rings. The van der Waals surface area contributed by atoms with Gasteiger partial charge in [0.05, 0.1) is 0 Å². The van der Waals surface area contributed by atoms with Crippen LogP contribution in [0.5, 0.6) is 0 Å². The molecule has 0 bridgehead atoms. The highest BCUT2D eigenvalue weighted by Crippen LogP contribution is 2.42. The van der Waals surface area contributed by atoms with E-state index in [1.54, 1.807) is 12.1 Å². The quantitative estimate of drug-likeness (QED) is 0.853. The van der Waals surface area contributed by atoms with E-state index < -0.39 is 0 Å². The summed E-state index contributed by atoms with van der Waals surface area (Å²) in [6, 6.07) is 5.20. The van der Waals surface area contributed by atoms with E-state index in [1.807, 2.05) is 6.07 Å². The molecule has 2 rings (SSSR count). The Morgan fingerprint density at radius 1 is 1.47 bits per heavy atom. The molecule has 1 aliphatic rings. The SMILES string of the molecule is CCC1CCCC(CN)(Cc2cc(Br)ccc2F)C1. The van der Waals surface area contributed by atoms with Gasteiger partial charge in [-0.15, -0.1) is 0 Å². The van der Waals surface area contributed by atoms with E-state index in [0.29, 0.717) is 6.54 Å². The van der Waals surface area contributed by atoms with Gasteiger partial charge in [-0.1, -0.05) is 42.1 Å². The molecule has 1 saturated carbocycles. The van der Waals surface area contributed by atoms with Crippen molar-refractivity contribution < 1.29 is 4.39 Å². The van der Waals surface area contributed by atoms with Gasteiger partial charge in [-0.25, -0.2) is 4.39 Å². The highest BCUT2D eigenvalue weighted by Gasteiger charge is 2.35. The maximum atomic E-state index is 13.9. The summed E-state index contributed by atoms with van der Waals surface area (Å²) in [5.41, 5.74) is 6.96. The molecular formula is C16H23BrFN. The van der Waals surface area contributed by atoms with Crippen molar-refractivity contribution in [2.45, 2.75) is 45.4 Å². The first-order valence-electron chi connectivity index (χ1n) is 7.22. The molecule has 0 aliphatic heterocycles. The van der Waals surface area contributed by atoms with Crippen LogP contribution in [0.2, 0.25) is 0 Å². The van der Waals surface area contributed by atoms with E-state index >= 15 is 0 Å². The third kappa shape index (κ3) is 3.57. The van der Waals surface area contributed by atoms with E-state index in [9.17, 15) is 4.39 Å². The molecule has 0 aromatic heterocycles. The summed E-state index contributed by atoms with van der Waals surface area (Å²) in [6.45, 7) is 2.91. The lowest BCUT2D eigenvalue weighted by Crippen LogP contribution is -2.38. The monoisotopic (exact) mass is 327 g/mol. The molecule has 0 amide bonds. The van der Waals surface area contributed by atoms with Crippen molar-refractivity contribution in [3.05, 3.63) is 34.1 Å². The smallest absolute Gasteiger partial charge is 0.126 e. The molecule has 0 radical (unpaired) electrons. The van der Waals surface area contributed by atoms with E-state index in [1.165, 1.54) is 19.3 Å². The average molecular weight is 328 g/mol. The molecule has 3 heteroatoms. The molecule has 0 saturated heterocycles. The standard InChI is InChI=1S/C16H23BrFN/c1-2-12-4-3-7-16(9-12,11-19)10-13-8-14(17)5-6-15(13)18/h5-6,8,12H,2-4,7,9-11,19H2,1H3. The topological polar surface area (TPSA) is 26.0 Å². The van der Waals surface area contributed by atoms with Crippen molar-refractivity contribution in [2.75, 3.05) is 6.54 Å². The van der Waals surface area contributed by atoms with Crippen LogP contribution in [0, 0.1) is 17.2 Å². The van der Waals surface area contributed by atoms with Crippen LogP contribution in [0.1, 0.15) is 44.6 Å². The minimum absolute atomic E-state index is 0.0978. The van der Waals surface area contributed by atoms with Crippen LogP contribution in [0.3, 0.4) is 0 Å². The maximum absolute atomic E-state index is 13.9. The van der Waals surface area contributed by atoms with Gasteiger partial charge in [-0.2, -0.15) is 0 Å². The summed E-state index contributed by atoms with van der Waals surface area (Å²) in [5.74, 6) is 0.655. The molecule has 1 fully saturated rings. The first kappa shape index (κ1) is 15.0. The summed E-state index contributed by atoms with van der Waals surface area (Å²) in [5, 5.41) is 0. The predicted octanol–water partition coefficient (Wildman–Crippen LogP) is 4.68. The summed E-state index contributed by atoms with van der Waals surface area (Å²) in [7, 11) is 0. The number of nitrogens with two attached hydrogens (primary N) is 1. The lowest BCUT2D eigenvalue weighted by Gasteiger charge is -2.40. The fourth-order valence-corrected chi connectivity index (χ4v) is 3.84. The van der Waals surface area contributed by atoms with Crippen LogP contribution in [-0.2, 0) is 6.42 Å². The summed E-state index contributed by atoms with van der Waals surface area (Å²) < 4.78 is 14.9. The number of benzene rings is 1. The number of hydrogen-bond acceptors (Lipinski definition) is 1. The second kappa shape index (κ2) is 6.36. The molecule has 2 atom stereocenters. The third-order valence-electron chi connectivity index (χ3n) is 4.62. The van der Waals surface area contributed by atoms with Gasteiger partial charge >= 0.3 is 0 Å². The van der Waals surface area contributed by atoms with Gasteiger partial charge in [0.25, 0.3) is 0 Å². The molecule has 0 spiro atoms. The highest BCUT2D eigenvalue weighted by molar-refractivity contribution is 9.10. The molecule has 2 unspecified atom stereocenters. The summed E-state index contributed by atoms with van der Waals surface area (Å²) in [4.78, 5) is 0. The van der Waals surface area contributed by atoms with E-state index in [4.69, 9.17) is 5.73 Å². The first-order valence-corrected chi connectivity index (χ1v) is 8.02. The van der Waals surface area contributed by atoms with Crippen LogP contribution >= 0.6 is 15.9 Å². The highest BCUT2D eigenvalue weighted by atomic mass is 79.9. The Labute approximate surface area is 123 Å². The Morgan fingerprint density at radius 2 is 2.26 bits per heavy atom. The minimum Gasteiger partial charge on any atom is -0.330 e. The largest absolute Gasteiger partial charge is 0.330 e. The second-order valence-electron chi connectivity index (χ2n) is 5.99. The van der Waals surface area contributed by atoms with Crippen LogP contribution in [0.15, 0.2) is 22.7 Å². The van der Waals surface area contributed by atoms with E-state index in [2.05, 4.69) is 22.9 Å². The van der Waals surface area contributed by atoms with Gasteiger partial charge in [0, 0.05) is 4.47 Å². The summed E-state index contributed by atoms with van der Waals surface area (Å²) >= 11 is 3.43. The van der Waals surface area contributed by atoms with Gasteiger partial charge in [-0.3, -0.25) is 0 Å². The average Bonchev–Trinajstić information content (AvgIpc) is 2.43. The normalized spacial score (nSPS) is 27.5. The van der Waals surface area contributed by atoms with Crippen molar-refractivity contribution in [1.29, 1.82) is 0 Å². The first-order chi connectivity index (χ1) is 9.08. The molecule has 0 heterocycles. The van der Waals surface area contributed by atoms with Crippen LogP contribution in [0.4, 0.5) is 4.39 Å². The third-order valence-corrected chi connectivity index (χ3v) is 5.12. The molecule has 1 nitrogen and oxygen atoms in total. The van der Waals surface area contributed by atoms with Crippen LogP contribution < -0.4 is 5.73 Å². The zero-order chi connectivity index (χ0) is 13.9. The van der Waals surface area contributed by atoms with Crippen LogP contribution in [0.25, 0.3) is 0 Å². The second-order valence-corrected chi connectivity index (χ2v) is 6.90. The van der Waals surface area contributed by atoms with Gasteiger partial charge in [0.1, 0.15) is 5.82 Å². The Balaban J connectivity index is 2.20. The van der Waals surface area contributed by atoms with Crippen molar-refractivity contribution in [3.8, 4) is 0 Å². The van der Waals surface area contributed by atoms with Crippen LogP contribution in [-0.4, -0.2) is 6.54 Å². The molecule has 106 valence electrons. The Kier molecular flexibility index (Phi) is 5.02. The minimum atomic E-state index is -0.102. The number of hydrogen-bond donors (Lipinski definition) is 1. The van der Waals surface area contributed by atoms with Gasteiger partial charge in [0.2, 0.25) is 0 Å². The van der Waals surface area contributed by atoms with E-state index in [-0.39, 0.29) is 11.2 Å². The maximum Gasteiger partial charge on any atom is 0.126 e. The van der Waals surface area contributed by atoms with Crippen molar-refractivity contribution in [3.63, 3.8) is 0 Å². The lowest BCUT2D eigenvalue weighted by atomic mass is 9.66. The molecule has 2 N–H and O–H groups in total. The van der Waals surface area contributed by atoms with Gasteiger partial charge in [0.15, 0.2) is 0 Å². The predicted molar refractivity (Wildman–Crippen MR) is 81.5 cm³/mol. The number of rotatable bonds is 4. The molecular weight excluding hydrogens is 305 g/mol. The van der Waals surface area contributed by atoms with Crippen molar-refractivity contribution >= 4 is 15.9 Å². The zero-order valence-electron chi connectivity index (χ0n) is 11.6. The lowest BCUT2D eigenvalue weighted by molar-refractivity contribution is 0.141. The Morgan fingerprint density at radius 3 is 2.95 bits per heavy atom. The Bertz CT molecular complexity index is 435. The van der Waals surface area contributed by atoms with Gasteiger partial charge < -0.3 is 5.73 Å². The fraction of sp³-hybridized carbons (Fsp3) is 0.625. The van der Waals surface area contributed by atoms with E-state index in [0.717, 1.165) is 35.2 Å². The zero-order valence-corrected chi connectivity index (χ0v) is 13.2. The Hall–Kier alpha value is -0.410. The molecule has 1 aromatic carbocycles. The molecule has 19 heavy (non-hydrogen) atoms. The fourth-order valence-electron chi connectivity index (χ4n) is 3.43. The van der Waals surface area contributed by atoms with Crippen molar-refractivity contribution in [2.24, 2.45) is 17.1 Å². The molecule has 1 aliphatic carbocycles. The van der Waals surface area contributed by atoms with Gasteiger partial charge in [-0.05, 0) is 60.9 Å². The van der Waals surface area contributed by atoms with Crippen molar-refractivity contribution in [1.82, 2.24) is 0 Å². The summed E-state index contributed by atoms with van der Waals surface area (Å²) in [6.07, 6.45) is 6.79.